The predicted octanol–water partition coefficient (Wildman–Crippen LogP) is 4.72. The number of benzene rings is 3. The minimum absolute atomic E-state index is 0.112. The van der Waals surface area contributed by atoms with Crippen LogP contribution < -0.4 is 10.6 Å². The van der Waals surface area contributed by atoms with Gasteiger partial charge in [-0.05, 0) is 35.9 Å². The van der Waals surface area contributed by atoms with E-state index in [1.165, 1.54) is 7.11 Å². The van der Waals surface area contributed by atoms with Gasteiger partial charge < -0.3 is 14.5 Å². The van der Waals surface area contributed by atoms with E-state index in [1.807, 2.05) is 30.3 Å². The Morgan fingerprint density at radius 2 is 1.67 bits per heavy atom. The Kier molecular flexibility index (Phi) is 6.31. The summed E-state index contributed by atoms with van der Waals surface area (Å²) in [5, 5.41) is 5.08. The largest absolute Gasteiger partial charge is 0.453 e. The van der Waals surface area contributed by atoms with Crippen LogP contribution in [0.3, 0.4) is 0 Å². The third-order valence-electron chi connectivity index (χ3n) is 4.77. The predicted molar refractivity (Wildman–Crippen MR) is 122 cm³/mol. The van der Waals surface area contributed by atoms with Crippen LogP contribution in [0.25, 0.3) is 11.0 Å². The molecule has 9 heteroatoms. The number of fused-ring (bicyclic) bond motifs is 1. The molecule has 2 amide bonds. The van der Waals surface area contributed by atoms with Crippen molar-refractivity contribution in [1.82, 2.24) is 9.97 Å². The fourth-order valence-electron chi connectivity index (χ4n) is 3.17. The summed E-state index contributed by atoms with van der Waals surface area (Å²) in [7, 11) is 1.25. The van der Waals surface area contributed by atoms with Crippen LogP contribution >= 0.6 is 0 Å². The SMILES string of the molecule is COC(=O)Nc1nc2ccc(C(=O)c3ccccc3NC(=O)OCc3ccccc3)cc2[nH]1. The highest BCUT2D eigenvalue weighted by atomic mass is 16.5. The van der Waals surface area contributed by atoms with Crippen molar-refractivity contribution in [2.75, 3.05) is 17.7 Å². The Morgan fingerprint density at radius 3 is 2.45 bits per heavy atom. The second-order valence-electron chi connectivity index (χ2n) is 7.00. The molecule has 3 aromatic carbocycles. The van der Waals surface area contributed by atoms with E-state index in [1.54, 1.807) is 42.5 Å². The number of hydrogen-bond acceptors (Lipinski definition) is 6. The summed E-state index contributed by atoms with van der Waals surface area (Å²) in [6.07, 6.45) is -1.33. The van der Waals surface area contributed by atoms with Crippen molar-refractivity contribution in [3.63, 3.8) is 0 Å². The lowest BCUT2D eigenvalue weighted by atomic mass is 10.0. The number of ketones is 1. The Labute approximate surface area is 188 Å². The Balaban J connectivity index is 1.50. The molecule has 0 atom stereocenters. The van der Waals surface area contributed by atoms with Crippen LogP contribution in [0.15, 0.2) is 72.8 Å². The molecule has 9 nitrogen and oxygen atoms in total. The summed E-state index contributed by atoms with van der Waals surface area (Å²) < 4.78 is 9.80. The number of nitrogens with zero attached hydrogens (tertiary/aromatic N) is 1. The van der Waals surface area contributed by atoms with Gasteiger partial charge in [0.15, 0.2) is 5.78 Å². The van der Waals surface area contributed by atoms with Crippen molar-refractivity contribution < 1.29 is 23.9 Å². The molecule has 0 bridgehead atoms. The Morgan fingerprint density at radius 1 is 0.909 bits per heavy atom. The average Bonchev–Trinajstić information content (AvgIpc) is 3.24. The summed E-state index contributed by atoms with van der Waals surface area (Å²) in [5.41, 5.74) is 2.99. The standard InChI is InChI=1S/C24H20N4O5/c1-32-23(30)28-22-25-19-12-11-16(13-20(19)26-22)21(29)17-9-5-6-10-18(17)27-24(31)33-14-15-7-3-2-4-8-15/h2-13H,14H2,1H3,(H,27,31)(H2,25,26,28,30). The van der Waals surface area contributed by atoms with E-state index >= 15 is 0 Å². The van der Waals surface area contributed by atoms with Gasteiger partial charge in [0, 0.05) is 11.1 Å². The molecular formula is C24H20N4O5. The molecule has 3 N–H and O–H groups in total. The Hall–Kier alpha value is -4.66. The third kappa shape index (κ3) is 5.16. The number of H-pyrrole nitrogens is 1. The quantitative estimate of drug-likeness (QED) is 0.370. The number of methoxy groups -OCH3 is 1. The zero-order valence-corrected chi connectivity index (χ0v) is 17.6. The first-order valence-corrected chi connectivity index (χ1v) is 9.99. The maximum Gasteiger partial charge on any atom is 0.413 e. The van der Waals surface area contributed by atoms with Gasteiger partial charge in [-0.15, -0.1) is 0 Å². The number of amides is 2. The summed E-state index contributed by atoms with van der Waals surface area (Å²) in [6.45, 7) is 0.112. The van der Waals surface area contributed by atoms with E-state index in [4.69, 9.17) is 4.74 Å². The lowest BCUT2D eigenvalue weighted by Gasteiger charge is -2.11. The van der Waals surface area contributed by atoms with Gasteiger partial charge in [0.05, 0.1) is 23.8 Å². The number of rotatable bonds is 6. The monoisotopic (exact) mass is 444 g/mol. The van der Waals surface area contributed by atoms with Crippen LogP contribution in [0.4, 0.5) is 21.2 Å². The van der Waals surface area contributed by atoms with Gasteiger partial charge in [-0.2, -0.15) is 0 Å². The smallest absolute Gasteiger partial charge is 0.413 e. The van der Waals surface area contributed by atoms with Crippen molar-refractivity contribution >= 4 is 40.6 Å². The topological polar surface area (TPSA) is 122 Å². The van der Waals surface area contributed by atoms with E-state index < -0.39 is 12.2 Å². The van der Waals surface area contributed by atoms with Gasteiger partial charge in [-0.25, -0.2) is 14.6 Å². The number of para-hydroxylation sites is 1. The molecule has 0 aliphatic rings. The summed E-state index contributed by atoms with van der Waals surface area (Å²) in [5.74, 6) is -0.0994. The first-order chi connectivity index (χ1) is 16.0. The molecule has 4 rings (SSSR count). The van der Waals surface area contributed by atoms with Crippen LogP contribution in [0.1, 0.15) is 21.5 Å². The highest BCUT2D eigenvalue weighted by Crippen LogP contribution is 2.23. The molecule has 33 heavy (non-hydrogen) atoms. The molecule has 1 aromatic heterocycles. The zero-order chi connectivity index (χ0) is 23.2. The maximum atomic E-state index is 13.2. The normalized spacial score (nSPS) is 10.5. The summed E-state index contributed by atoms with van der Waals surface area (Å²) in [6, 6.07) is 20.9. The Bertz CT molecular complexity index is 1320. The van der Waals surface area contributed by atoms with Gasteiger partial charge >= 0.3 is 12.2 Å². The third-order valence-corrected chi connectivity index (χ3v) is 4.77. The van der Waals surface area contributed by atoms with Crippen molar-refractivity contribution in [2.24, 2.45) is 0 Å². The molecule has 0 aliphatic heterocycles. The number of anilines is 2. The first kappa shape index (κ1) is 21.6. The van der Waals surface area contributed by atoms with E-state index in [0.717, 1.165) is 5.56 Å². The van der Waals surface area contributed by atoms with E-state index in [0.29, 0.717) is 27.8 Å². The van der Waals surface area contributed by atoms with Crippen LogP contribution in [0, 0.1) is 0 Å². The molecule has 0 fully saturated rings. The maximum absolute atomic E-state index is 13.2. The lowest BCUT2D eigenvalue weighted by Crippen LogP contribution is -2.16. The average molecular weight is 444 g/mol. The first-order valence-electron chi connectivity index (χ1n) is 9.99. The highest BCUT2D eigenvalue weighted by Gasteiger charge is 2.17. The molecule has 0 saturated carbocycles. The number of aromatic amines is 1. The van der Waals surface area contributed by atoms with Crippen LogP contribution in [0.5, 0.6) is 0 Å². The van der Waals surface area contributed by atoms with Crippen LogP contribution in [0.2, 0.25) is 0 Å². The van der Waals surface area contributed by atoms with Gasteiger partial charge in [-0.1, -0.05) is 42.5 Å². The van der Waals surface area contributed by atoms with Crippen molar-refractivity contribution in [1.29, 1.82) is 0 Å². The summed E-state index contributed by atoms with van der Waals surface area (Å²) >= 11 is 0. The van der Waals surface area contributed by atoms with E-state index in [9.17, 15) is 14.4 Å². The van der Waals surface area contributed by atoms with Gasteiger partial charge in [0.2, 0.25) is 5.95 Å². The molecule has 4 aromatic rings. The van der Waals surface area contributed by atoms with Gasteiger partial charge in [-0.3, -0.25) is 15.4 Å². The number of carbonyl (C=O) groups excluding carboxylic acids is 3. The minimum Gasteiger partial charge on any atom is -0.453 e. The number of hydrogen-bond donors (Lipinski definition) is 3. The van der Waals surface area contributed by atoms with E-state index in [2.05, 4.69) is 25.3 Å². The number of ether oxygens (including phenoxy) is 2. The van der Waals surface area contributed by atoms with Crippen LogP contribution in [-0.4, -0.2) is 35.0 Å². The minimum atomic E-state index is -0.665. The molecule has 1 heterocycles. The molecule has 0 unspecified atom stereocenters. The van der Waals surface area contributed by atoms with Gasteiger partial charge in [0.1, 0.15) is 6.61 Å². The number of carbonyl (C=O) groups is 3. The summed E-state index contributed by atoms with van der Waals surface area (Å²) in [4.78, 5) is 44.0. The zero-order valence-electron chi connectivity index (χ0n) is 17.6. The molecule has 166 valence electrons. The fourth-order valence-corrected chi connectivity index (χ4v) is 3.17. The lowest BCUT2D eigenvalue weighted by molar-refractivity contribution is 0.103. The molecule has 0 spiro atoms. The molecular weight excluding hydrogens is 424 g/mol. The van der Waals surface area contributed by atoms with Crippen molar-refractivity contribution in [2.45, 2.75) is 6.61 Å². The van der Waals surface area contributed by atoms with Gasteiger partial charge in [0.25, 0.3) is 0 Å². The highest BCUT2D eigenvalue weighted by molar-refractivity contribution is 6.14. The second kappa shape index (κ2) is 9.65. The van der Waals surface area contributed by atoms with Crippen LogP contribution in [-0.2, 0) is 16.1 Å². The molecule has 0 saturated heterocycles. The number of imidazole rings is 1. The van der Waals surface area contributed by atoms with Crippen molar-refractivity contribution in [3.8, 4) is 0 Å². The fraction of sp³-hybridized carbons (Fsp3) is 0.0833. The number of aromatic nitrogens is 2. The molecule has 0 radical (unpaired) electrons. The van der Waals surface area contributed by atoms with E-state index in [-0.39, 0.29) is 18.3 Å². The molecule has 0 aliphatic carbocycles. The van der Waals surface area contributed by atoms with Crippen molar-refractivity contribution in [3.05, 3.63) is 89.5 Å². The second-order valence-corrected chi connectivity index (χ2v) is 7.00. The number of nitrogens with one attached hydrogen (secondary N) is 3.